The average molecular weight is 244 g/mol. The van der Waals surface area contributed by atoms with Crippen LogP contribution in [0, 0.1) is 0 Å². The molecule has 0 aliphatic carbocycles. The zero-order valence-corrected chi connectivity index (χ0v) is 12.2. The molecule has 0 fully saturated rings. The summed E-state index contributed by atoms with van der Waals surface area (Å²) in [4.78, 5) is 0. The van der Waals surface area contributed by atoms with Gasteiger partial charge in [0, 0.05) is 13.7 Å². The van der Waals surface area contributed by atoms with Crippen LogP contribution in [0.25, 0.3) is 0 Å². The van der Waals surface area contributed by atoms with Crippen LogP contribution in [0.1, 0.15) is 71.6 Å². The molecular weight excluding hydrogens is 212 g/mol. The van der Waals surface area contributed by atoms with Gasteiger partial charge >= 0.3 is 0 Å². The Morgan fingerprint density at radius 3 is 2.06 bits per heavy atom. The van der Waals surface area contributed by atoms with Gasteiger partial charge in [-0.15, -0.1) is 0 Å². The molecule has 17 heavy (non-hydrogen) atoms. The molecule has 0 heterocycles. The number of rotatable bonds is 13. The Labute approximate surface area is 108 Å². The zero-order valence-electron chi connectivity index (χ0n) is 12.2. The van der Waals surface area contributed by atoms with Gasteiger partial charge in [-0.1, -0.05) is 58.8 Å². The van der Waals surface area contributed by atoms with Gasteiger partial charge < -0.3 is 9.47 Å². The van der Waals surface area contributed by atoms with E-state index >= 15 is 0 Å². The summed E-state index contributed by atoms with van der Waals surface area (Å²) in [6.07, 6.45) is 12.1. The minimum Gasteiger partial charge on any atom is -0.379 e. The van der Waals surface area contributed by atoms with Crippen molar-refractivity contribution in [3.63, 3.8) is 0 Å². The van der Waals surface area contributed by atoms with Crippen LogP contribution in [0.15, 0.2) is 0 Å². The molecule has 0 saturated carbocycles. The number of unbranched alkanes of at least 4 members (excludes halogenated alkanes) is 6. The van der Waals surface area contributed by atoms with Gasteiger partial charge in [0.2, 0.25) is 0 Å². The zero-order chi connectivity index (χ0) is 12.8. The fourth-order valence-electron chi connectivity index (χ4n) is 1.96. The molecule has 1 atom stereocenters. The summed E-state index contributed by atoms with van der Waals surface area (Å²) < 4.78 is 10.9. The highest BCUT2D eigenvalue weighted by atomic mass is 16.5. The van der Waals surface area contributed by atoms with E-state index in [1.807, 2.05) is 0 Å². The Morgan fingerprint density at radius 1 is 0.824 bits per heavy atom. The first kappa shape index (κ1) is 16.9. The smallest absolute Gasteiger partial charge is 0.0804 e. The molecule has 0 amide bonds. The minimum absolute atomic E-state index is 0.303. The number of hydrogen-bond donors (Lipinski definition) is 0. The Bertz CT molecular complexity index is 137. The molecular formula is C15H32O2. The van der Waals surface area contributed by atoms with Crippen molar-refractivity contribution in [2.75, 3.05) is 20.3 Å². The van der Waals surface area contributed by atoms with Crippen molar-refractivity contribution in [1.82, 2.24) is 0 Å². The summed E-state index contributed by atoms with van der Waals surface area (Å²) in [6, 6.07) is 0. The van der Waals surface area contributed by atoms with E-state index in [9.17, 15) is 0 Å². The van der Waals surface area contributed by atoms with E-state index in [0.717, 1.165) is 26.1 Å². The van der Waals surface area contributed by atoms with Crippen LogP contribution < -0.4 is 0 Å². The Kier molecular flexibility index (Phi) is 13.9. The molecule has 0 rings (SSSR count). The first-order valence-corrected chi connectivity index (χ1v) is 7.45. The van der Waals surface area contributed by atoms with Crippen LogP contribution in [0.5, 0.6) is 0 Å². The van der Waals surface area contributed by atoms with Gasteiger partial charge in [-0.05, 0) is 12.8 Å². The van der Waals surface area contributed by atoms with Crippen molar-refractivity contribution in [3.05, 3.63) is 0 Å². The molecule has 104 valence electrons. The molecule has 0 bridgehead atoms. The third-order valence-electron chi connectivity index (χ3n) is 3.12. The van der Waals surface area contributed by atoms with E-state index in [1.165, 1.54) is 44.9 Å². The van der Waals surface area contributed by atoms with Crippen molar-refractivity contribution in [3.8, 4) is 0 Å². The predicted octanol–water partition coefficient (Wildman–Crippen LogP) is 4.57. The van der Waals surface area contributed by atoms with E-state index in [-0.39, 0.29) is 0 Å². The lowest BCUT2D eigenvalue weighted by Crippen LogP contribution is -2.18. The second kappa shape index (κ2) is 14.0. The number of methoxy groups -OCH3 is 1. The lowest BCUT2D eigenvalue weighted by atomic mass is 10.1. The summed E-state index contributed by atoms with van der Waals surface area (Å²) in [5.41, 5.74) is 0. The van der Waals surface area contributed by atoms with Gasteiger partial charge in [0.15, 0.2) is 0 Å². The number of hydrogen-bond acceptors (Lipinski definition) is 2. The predicted molar refractivity (Wildman–Crippen MR) is 74.5 cm³/mol. The van der Waals surface area contributed by atoms with Gasteiger partial charge in [0.25, 0.3) is 0 Å². The largest absolute Gasteiger partial charge is 0.379 e. The van der Waals surface area contributed by atoms with Crippen LogP contribution in [0.3, 0.4) is 0 Å². The summed E-state index contributed by atoms with van der Waals surface area (Å²) in [6.45, 7) is 6.02. The van der Waals surface area contributed by atoms with Gasteiger partial charge in [-0.25, -0.2) is 0 Å². The maximum Gasteiger partial charge on any atom is 0.0804 e. The highest BCUT2D eigenvalue weighted by Crippen LogP contribution is 2.11. The lowest BCUT2D eigenvalue weighted by molar-refractivity contribution is 0.00341. The lowest BCUT2D eigenvalue weighted by Gasteiger charge is -2.15. The fourth-order valence-corrected chi connectivity index (χ4v) is 1.96. The van der Waals surface area contributed by atoms with Gasteiger partial charge in [0.05, 0.1) is 12.7 Å². The molecule has 0 aliphatic rings. The average Bonchev–Trinajstić information content (AvgIpc) is 2.35. The van der Waals surface area contributed by atoms with E-state index < -0.39 is 0 Å². The molecule has 0 aromatic heterocycles. The molecule has 0 N–H and O–H groups in total. The van der Waals surface area contributed by atoms with E-state index in [1.54, 1.807) is 7.11 Å². The monoisotopic (exact) mass is 244 g/mol. The van der Waals surface area contributed by atoms with Crippen molar-refractivity contribution in [2.24, 2.45) is 0 Å². The van der Waals surface area contributed by atoms with Gasteiger partial charge in [0.1, 0.15) is 0 Å². The van der Waals surface area contributed by atoms with Crippen molar-refractivity contribution >= 4 is 0 Å². The highest BCUT2D eigenvalue weighted by molar-refractivity contribution is 4.57. The molecule has 2 nitrogen and oxygen atoms in total. The first-order valence-electron chi connectivity index (χ1n) is 7.45. The van der Waals surface area contributed by atoms with Crippen molar-refractivity contribution in [2.45, 2.75) is 77.7 Å². The quantitative estimate of drug-likeness (QED) is 0.442. The summed E-state index contributed by atoms with van der Waals surface area (Å²) >= 11 is 0. The van der Waals surface area contributed by atoms with E-state index in [4.69, 9.17) is 9.47 Å². The number of ether oxygens (including phenoxy) is 2. The molecule has 0 saturated heterocycles. The molecule has 0 aromatic rings. The first-order chi connectivity index (χ1) is 8.35. The SMILES string of the molecule is CCCCCCCCCC(COCCC)OC. The maximum absolute atomic E-state index is 5.52. The van der Waals surface area contributed by atoms with E-state index in [0.29, 0.717) is 6.10 Å². The molecule has 1 unspecified atom stereocenters. The van der Waals surface area contributed by atoms with E-state index in [2.05, 4.69) is 13.8 Å². The molecule has 0 aliphatic heterocycles. The Morgan fingerprint density at radius 2 is 1.47 bits per heavy atom. The van der Waals surface area contributed by atoms with Crippen LogP contribution in [0.4, 0.5) is 0 Å². The van der Waals surface area contributed by atoms with Crippen molar-refractivity contribution < 1.29 is 9.47 Å². The topological polar surface area (TPSA) is 18.5 Å². The van der Waals surface area contributed by atoms with Crippen LogP contribution in [0.2, 0.25) is 0 Å². The fraction of sp³-hybridized carbons (Fsp3) is 1.00. The standard InChI is InChI=1S/C15H32O2/c1-4-6-7-8-9-10-11-12-15(16-3)14-17-13-5-2/h15H,4-14H2,1-3H3. The highest BCUT2D eigenvalue weighted by Gasteiger charge is 2.06. The Hall–Kier alpha value is -0.0800. The molecule has 0 radical (unpaired) electrons. The molecule has 0 spiro atoms. The maximum atomic E-state index is 5.52. The molecule has 2 heteroatoms. The summed E-state index contributed by atoms with van der Waals surface area (Å²) in [7, 11) is 1.79. The third kappa shape index (κ3) is 12.2. The van der Waals surface area contributed by atoms with Gasteiger partial charge in [-0.3, -0.25) is 0 Å². The van der Waals surface area contributed by atoms with Crippen molar-refractivity contribution in [1.29, 1.82) is 0 Å². The third-order valence-corrected chi connectivity index (χ3v) is 3.12. The second-order valence-electron chi connectivity index (χ2n) is 4.84. The van der Waals surface area contributed by atoms with Crippen LogP contribution in [-0.4, -0.2) is 26.4 Å². The van der Waals surface area contributed by atoms with Crippen LogP contribution in [-0.2, 0) is 9.47 Å². The second-order valence-corrected chi connectivity index (χ2v) is 4.84. The summed E-state index contributed by atoms with van der Waals surface area (Å²) in [5.74, 6) is 0. The van der Waals surface area contributed by atoms with Crippen LogP contribution >= 0.6 is 0 Å². The normalized spacial score (nSPS) is 12.9. The minimum atomic E-state index is 0.303. The molecule has 0 aromatic carbocycles. The summed E-state index contributed by atoms with van der Waals surface area (Å²) in [5, 5.41) is 0. The Balaban J connectivity index is 3.25. The van der Waals surface area contributed by atoms with Gasteiger partial charge in [-0.2, -0.15) is 0 Å².